The summed E-state index contributed by atoms with van der Waals surface area (Å²) in [5.74, 6) is 0. The summed E-state index contributed by atoms with van der Waals surface area (Å²) in [5, 5.41) is 6.91. The molecule has 0 spiro atoms. The van der Waals surface area contributed by atoms with E-state index in [1.807, 2.05) is 12.1 Å². The molecule has 1 nitrogen and oxygen atoms in total. The van der Waals surface area contributed by atoms with Gasteiger partial charge in [-0.1, -0.05) is 60.1 Å². The van der Waals surface area contributed by atoms with Gasteiger partial charge >= 0.3 is 0 Å². The van der Waals surface area contributed by atoms with Crippen molar-refractivity contribution in [3.05, 3.63) is 82.9 Å². The molecule has 0 fully saturated rings. The molecule has 0 aromatic heterocycles. The first-order valence-electron chi connectivity index (χ1n) is 7.19. The van der Waals surface area contributed by atoms with E-state index in [9.17, 15) is 0 Å². The Morgan fingerprint density at radius 1 is 0.905 bits per heavy atom. The van der Waals surface area contributed by atoms with E-state index >= 15 is 0 Å². The highest BCUT2D eigenvalue weighted by molar-refractivity contribution is 6.30. The number of hydrogen-bond acceptors (Lipinski definition) is 1. The Kier molecular flexibility index (Phi) is 4.23. The summed E-state index contributed by atoms with van der Waals surface area (Å²) in [6.07, 6.45) is 0. The van der Waals surface area contributed by atoms with E-state index in [1.165, 1.54) is 21.9 Å². The van der Waals surface area contributed by atoms with Gasteiger partial charge in [0.2, 0.25) is 0 Å². The molecule has 21 heavy (non-hydrogen) atoms. The second-order valence-corrected chi connectivity index (χ2v) is 5.77. The monoisotopic (exact) mass is 295 g/mol. The van der Waals surface area contributed by atoms with Crippen molar-refractivity contribution < 1.29 is 0 Å². The van der Waals surface area contributed by atoms with Gasteiger partial charge in [0.05, 0.1) is 0 Å². The maximum atomic E-state index is 5.91. The van der Waals surface area contributed by atoms with Crippen molar-refractivity contribution >= 4 is 22.4 Å². The number of fused-ring (bicyclic) bond motifs is 1. The summed E-state index contributed by atoms with van der Waals surface area (Å²) in [5.41, 5.74) is 2.55. The molecule has 1 N–H and O–H groups in total. The molecule has 0 aliphatic rings. The van der Waals surface area contributed by atoms with Gasteiger partial charge in [0.15, 0.2) is 0 Å². The fraction of sp³-hybridized carbons (Fsp3) is 0.158. The topological polar surface area (TPSA) is 12.0 Å². The van der Waals surface area contributed by atoms with Crippen LogP contribution in [0.5, 0.6) is 0 Å². The van der Waals surface area contributed by atoms with Crippen LogP contribution in [0.15, 0.2) is 66.7 Å². The Hall–Kier alpha value is -1.83. The minimum atomic E-state index is 0.310. The van der Waals surface area contributed by atoms with Crippen molar-refractivity contribution in [3.8, 4) is 0 Å². The van der Waals surface area contributed by atoms with Gasteiger partial charge in [0.1, 0.15) is 0 Å². The van der Waals surface area contributed by atoms with Crippen molar-refractivity contribution in [2.45, 2.75) is 19.5 Å². The second kappa shape index (κ2) is 6.30. The molecular weight excluding hydrogens is 278 g/mol. The molecule has 3 rings (SSSR count). The van der Waals surface area contributed by atoms with Crippen molar-refractivity contribution in [3.63, 3.8) is 0 Å². The van der Waals surface area contributed by atoms with E-state index in [-0.39, 0.29) is 0 Å². The average Bonchev–Trinajstić information content (AvgIpc) is 2.53. The van der Waals surface area contributed by atoms with Crippen molar-refractivity contribution in [1.29, 1.82) is 0 Å². The lowest BCUT2D eigenvalue weighted by Gasteiger charge is -2.15. The molecule has 0 radical (unpaired) electrons. The van der Waals surface area contributed by atoms with Crippen LogP contribution in [0.2, 0.25) is 5.02 Å². The van der Waals surface area contributed by atoms with Crippen LogP contribution in [-0.2, 0) is 6.54 Å². The van der Waals surface area contributed by atoms with E-state index in [0.29, 0.717) is 6.04 Å². The highest BCUT2D eigenvalue weighted by Gasteiger charge is 2.05. The van der Waals surface area contributed by atoms with Crippen LogP contribution in [0.3, 0.4) is 0 Å². The molecule has 3 aromatic carbocycles. The van der Waals surface area contributed by atoms with Gasteiger partial charge in [-0.25, -0.2) is 0 Å². The van der Waals surface area contributed by atoms with Crippen LogP contribution in [0.4, 0.5) is 0 Å². The average molecular weight is 296 g/mol. The quantitative estimate of drug-likeness (QED) is 0.684. The largest absolute Gasteiger partial charge is 0.306 e. The molecule has 0 bridgehead atoms. The zero-order valence-corrected chi connectivity index (χ0v) is 12.8. The van der Waals surface area contributed by atoms with Gasteiger partial charge in [-0.15, -0.1) is 0 Å². The summed E-state index contributed by atoms with van der Waals surface area (Å²) in [4.78, 5) is 0. The van der Waals surface area contributed by atoms with E-state index < -0.39 is 0 Å². The molecule has 1 atom stereocenters. The first-order chi connectivity index (χ1) is 10.2. The maximum Gasteiger partial charge on any atom is 0.0406 e. The van der Waals surface area contributed by atoms with Gasteiger partial charge in [-0.2, -0.15) is 0 Å². The Balaban J connectivity index is 1.71. The lowest BCUT2D eigenvalue weighted by atomic mass is 10.0. The van der Waals surface area contributed by atoms with Crippen LogP contribution >= 0.6 is 11.6 Å². The van der Waals surface area contributed by atoms with E-state index in [4.69, 9.17) is 11.6 Å². The molecule has 1 unspecified atom stereocenters. The normalized spacial score (nSPS) is 12.5. The highest BCUT2D eigenvalue weighted by Crippen LogP contribution is 2.20. The first kappa shape index (κ1) is 14.1. The van der Waals surface area contributed by atoms with Crippen LogP contribution in [0.25, 0.3) is 10.8 Å². The molecule has 0 saturated carbocycles. The Bertz CT molecular complexity index is 734. The molecule has 2 heteroatoms. The third kappa shape index (κ3) is 3.44. The maximum absolute atomic E-state index is 5.91. The van der Waals surface area contributed by atoms with Crippen molar-refractivity contribution in [1.82, 2.24) is 5.32 Å². The molecule has 0 aliphatic carbocycles. The summed E-state index contributed by atoms with van der Waals surface area (Å²) in [6.45, 7) is 3.03. The summed E-state index contributed by atoms with van der Waals surface area (Å²) >= 11 is 5.91. The fourth-order valence-corrected chi connectivity index (χ4v) is 2.59. The Labute approximate surface area is 130 Å². The lowest BCUT2D eigenvalue weighted by Crippen LogP contribution is -2.17. The fourth-order valence-electron chi connectivity index (χ4n) is 2.47. The lowest BCUT2D eigenvalue weighted by molar-refractivity contribution is 0.575. The van der Waals surface area contributed by atoms with E-state index in [1.54, 1.807) is 0 Å². The molecule has 0 heterocycles. The summed E-state index contributed by atoms with van der Waals surface area (Å²) in [6, 6.07) is 23.4. The van der Waals surface area contributed by atoms with Crippen molar-refractivity contribution in [2.75, 3.05) is 0 Å². The Morgan fingerprint density at radius 3 is 2.38 bits per heavy atom. The molecule has 0 aliphatic heterocycles. The number of nitrogens with one attached hydrogen (secondary N) is 1. The van der Waals surface area contributed by atoms with Gasteiger partial charge in [-0.05, 0) is 47.0 Å². The standard InChI is InChI=1S/C19H18ClN/c1-14(21-13-15-6-10-19(20)11-7-15)17-9-8-16-4-2-3-5-18(16)12-17/h2-12,14,21H,13H2,1H3. The third-order valence-corrected chi connectivity index (χ3v) is 4.05. The van der Waals surface area contributed by atoms with Crippen molar-refractivity contribution in [2.24, 2.45) is 0 Å². The predicted molar refractivity (Wildman–Crippen MR) is 90.7 cm³/mol. The molecule has 106 valence electrons. The number of hydrogen-bond donors (Lipinski definition) is 1. The van der Waals surface area contributed by atoms with Crippen LogP contribution in [-0.4, -0.2) is 0 Å². The van der Waals surface area contributed by atoms with E-state index in [2.05, 4.69) is 66.8 Å². The van der Waals surface area contributed by atoms with Crippen LogP contribution < -0.4 is 5.32 Å². The number of halogens is 1. The first-order valence-corrected chi connectivity index (χ1v) is 7.57. The SMILES string of the molecule is CC(NCc1ccc(Cl)cc1)c1ccc2ccccc2c1. The van der Waals surface area contributed by atoms with E-state index in [0.717, 1.165) is 11.6 Å². The molecular formula is C19H18ClN. The molecule has 3 aromatic rings. The smallest absolute Gasteiger partial charge is 0.0406 e. The second-order valence-electron chi connectivity index (χ2n) is 5.34. The van der Waals surface area contributed by atoms with Gasteiger partial charge in [-0.3, -0.25) is 0 Å². The molecule has 0 amide bonds. The zero-order chi connectivity index (χ0) is 14.7. The minimum Gasteiger partial charge on any atom is -0.306 e. The van der Waals surface area contributed by atoms with Gasteiger partial charge in [0, 0.05) is 17.6 Å². The van der Waals surface area contributed by atoms with Crippen LogP contribution in [0, 0.1) is 0 Å². The highest BCUT2D eigenvalue weighted by atomic mass is 35.5. The van der Waals surface area contributed by atoms with Crippen LogP contribution in [0.1, 0.15) is 24.1 Å². The van der Waals surface area contributed by atoms with Gasteiger partial charge in [0.25, 0.3) is 0 Å². The number of rotatable bonds is 4. The third-order valence-electron chi connectivity index (χ3n) is 3.80. The zero-order valence-electron chi connectivity index (χ0n) is 12.0. The molecule has 0 saturated heterocycles. The van der Waals surface area contributed by atoms with Gasteiger partial charge < -0.3 is 5.32 Å². The Morgan fingerprint density at radius 2 is 1.62 bits per heavy atom. The summed E-state index contributed by atoms with van der Waals surface area (Å²) in [7, 11) is 0. The predicted octanol–water partition coefficient (Wildman–Crippen LogP) is 5.34. The number of benzene rings is 3. The minimum absolute atomic E-state index is 0.310. The summed E-state index contributed by atoms with van der Waals surface area (Å²) < 4.78 is 0.